The summed E-state index contributed by atoms with van der Waals surface area (Å²) in [4.78, 5) is 16.6. The SMILES string of the molecule is CC(C)N(C(=O)CSC(=S)N1CCCC1)c1ccccc1. The molecule has 0 radical (unpaired) electrons. The van der Waals surface area contributed by atoms with E-state index < -0.39 is 0 Å². The molecule has 1 aliphatic heterocycles. The molecule has 1 fully saturated rings. The van der Waals surface area contributed by atoms with E-state index in [1.54, 1.807) is 0 Å². The average Bonchev–Trinajstić information content (AvgIpc) is 3.00. The molecule has 0 unspecified atom stereocenters. The molecule has 1 heterocycles. The van der Waals surface area contributed by atoms with Gasteiger partial charge in [0, 0.05) is 24.8 Å². The van der Waals surface area contributed by atoms with Crippen molar-refractivity contribution in [3.8, 4) is 0 Å². The standard InChI is InChI=1S/C16H22N2OS2/c1-13(2)18(14-8-4-3-5-9-14)15(19)12-21-16(20)17-10-6-7-11-17/h3-5,8-9,13H,6-7,10-12H2,1-2H3. The molecule has 0 aliphatic carbocycles. The van der Waals surface area contributed by atoms with Crippen LogP contribution in [0.5, 0.6) is 0 Å². The highest BCUT2D eigenvalue weighted by molar-refractivity contribution is 8.23. The number of hydrogen-bond donors (Lipinski definition) is 0. The zero-order valence-corrected chi connectivity index (χ0v) is 14.3. The molecule has 1 aliphatic rings. The fourth-order valence-electron chi connectivity index (χ4n) is 2.50. The minimum Gasteiger partial charge on any atom is -0.358 e. The van der Waals surface area contributed by atoms with Gasteiger partial charge in [0.25, 0.3) is 0 Å². The van der Waals surface area contributed by atoms with Crippen LogP contribution in [0, 0.1) is 0 Å². The number of carbonyl (C=O) groups excluding carboxylic acids is 1. The van der Waals surface area contributed by atoms with Crippen LogP contribution >= 0.6 is 24.0 Å². The molecule has 0 saturated carbocycles. The van der Waals surface area contributed by atoms with Gasteiger partial charge in [-0.2, -0.15) is 0 Å². The van der Waals surface area contributed by atoms with Gasteiger partial charge in [0.15, 0.2) is 0 Å². The first kappa shape index (κ1) is 16.3. The summed E-state index contributed by atoms with van der Waals surface area (Å²) in [6.45, 7) is 6.14. The minimum atomic E-state index is 0.114. The smallest absolute Gasteiger partial charge is 0.237 e. The van der Waals surface area contributed by atoms with Crippen LogP contribution in [0.3, 0.4) is 0 Å². The zero-order valence-electron chi connectivity index (χ0n) is 12.6. The Morgan fingerprint density at radius 1 is 1.29 bits per heavy atom. The summed E-state index contributed by atoms with van der Waals surface area (Å²) < 4.78 is 0.859. The predicted octanol–water partition coefficient (Wildman–Crippen LogP) is 3.54. The molecule has 1 aromatic rings. The number of nitrogens with zero attached hydrogens (tertiary/aromatic N) is 2. The van der Waals surface area contributed by atoms with Gasteiger partial charge in [0.05, 0.1) is 5.75 Å². The van der Waals surface area contributed by atoms with Crippen molar-refractivity contribution in [3.63, 3.8) is 0 Å². The number of thioether (sulfide) groups is 1. The molecule has 5 heteroatoms. The molecule has 0 N–H and O–H groups in total. The Bertz CT molecular complexity index is 484. The second-order valence-electron chi connectivity index (χ2n) is 5.44. The number of para-hydroxylation sites is 1. The van der Waals surface area contributed by atoms with Gasteiger partial charge in [-0.25, -0.2) is 0 Å². The van der Waals surface area contributed by atoms with E-state index in [0.29, 0.717) is 5.75 Å². The Morgan fingerprint density at radius 2 is 1.90 bits per heavy atom. The van der Waals surface area contributed by atoms with Crippen LogP contribution in [0.25, 0.3) is 0 Å². The number of carbonyl (C=O) groups is 1. The van der Waals surface area contributed by atoms with E-state index in [0.717, 1.165) is 23.1 Å². The molecule has 0 aromatic heterocycles. The number of benzene rings is 1. The molecule has 0 atom stereocenters. The molecule has 1 saturated heterocycles. The quantitative estimate of drug-likeness (QED) is 0.791. The number of amides is 1. The molecule has 2 rings (SSSR count). The van der Waals surface area contributed by atoms with E-state index >= 15 is 0 Å². The van der Waals surface area contributed by atoms with Crippen molar-refractivity contribution in [1.82, 2.24) is 4.90 Å². The highest BCUT2D eigenvalue weighted by Crippen LogP contribution is 2.20. The fourth-order valence-corrected chi connectivity index (χ4v) is 3.61. The van der Waals surface area contributed by atoms with E-state index in [9.17, 15) is 4.79 Å². The zero-order chi connectivity index (χ0) is 15.2. The molecule has 0 bridgehead atoms. The van der Waals surface area contributed by atoms with Crippen LogP contribution in [0.4, 0.5) is 5.69 Å². The molecule has 0 spiro atoms. The van der Waals surface area contributed by atoms with Gasteiger partial charge >= 0.3 is 0 Å². The summed E-state index contributed by atoms with van der Waals surface area (Å²) >= 11 is 6.91. The van der Waals surface area contributed by atoms with Crippen LogP contribution in [-0.4, -0.2) is 40.0 Å². The lowest BCUT2D eigenvalue weighted by atomic mass is 10.2. The first-order chi connectivity index (χ1) is 10.1. The minimum absolute atomic E-state index is 0.114. The Balaban J connectivity index is 1.94. The van der Waals surface area contributed by atoms with E-state index in [4.69, 9.17) is 12.2 Å². The normalized spacial score (nSPS) is 14.5. The Morgan fingerprint density at radius 3 is 2.48 bits per heavy atom. The third-order valence-electron chi connectivity index (χ3n) is 3.50. The van der Waals surface area contributed by atoms with Crippen molar-refractivity contribution in [3.05, 3.63) is 30.3 Å². The number of likely N-dealkylation sites (tertiary alicyclic amines) is 1. The van der Waals surface area contributed by atoms with Crippen LogP contribution in [0.2, 0.25) is 0 Å². The lowest BCUT2D eigenvalue weighted by Crippen LogP contribution is -2.38. The van der Waals surface area contributed by atoms with Crippen molar-refractivity contribution in [1.29, 1.82) is 0 Å². The van der Waals surface area contributed by atoms with Gasteiger partial charge in [0.2, 0.25) is 5.91 Å². The molecule has 1 amide bonds. The lowest BCUT2D eigenvalue weighted by Gasteiger charge is -2.27. The summed E-state index contributed by atoms with van der Waals surface area (Å²) in [5, 5.41) is 0. The van der Waals surface area contributed by atoms with Crippen molar-refractivity contribution in [2.75, 3.05) is 23.7 Å². The molecular weight excluding hydrogens is 300 g/mol. The molecule has 21 heavy (non-hydrogen) atoms. The van der Waals surface area contributed by atoms with Gasteiger partial charge < -0.3 is 9.80 Å². The van der Waals surface area contributed by atoms with Crippen LogP contribution in [0.1, 0.15) is 26.7 Å². The molecule has 114 valence electrons. The second-order valence-corrected chi connectivity index (χ2v) is 7.05. The third-order valence-corrected chi connectivity index (χ3v) is 5.01. The molecule has 1 aromatic carbocycles. The maximum atomic E-state index is 12.5. The van der Waals surface area contributed by atoms with Gasteiger partial charge in [0.1, 0.15) is 4.32 Å². The van der Waals surface area contributed by atoms with Crippen molar-refractivity contribution < 1.29 is 4.79 Å². The van der Waals surface area contributed by atoms with Gasteiger partial charge in [-0.3, -0.25) is 4.79 Å². The van der Waals surface area contributed by atoms with Gasteiger partial charge in [-0.15, -0.1) is 0 Å². The Kier molecular flexibility index (Phi) is 6.06. The maximum Gasteiger partial charge on any atom is 0.237 e. The maximum absolute atomic E-state index is 12.5. The Labute approximate surface area is 136 Å². The van der Waals surface area contributed by atoms with E-state index in [-0.39, 0.29) is 11.9 Å². The highest BCUT2D eigenvalue weighted by atomic mass is 32.2. The van der Waals surface area contributed by atoms with Crippen LogP contribution in [-0.2, 0) is 4.79 Å². The van der Waals surface area contributed by atoms with Gasteiger partial charge in [-0.1, -0.05) is 42.2 Å². The van der Waals surface area contributed by atoms with E-state index in [2.05, 4.69) is 4.90 Å². The largest absolute Gasteiger partial charge is 0.358 e. The average molecular weight is 322 g/mol. The number of thiocarbonyl (C=S) groups is 1. The van der Waals surface area contributed by atoms with Crippen molar-refractivity contribution in [2.24, 2.45) is 0 Å². The van der Waals surface area contributed by atoms with E-state index in [1.165, 1.54) is 24.6 Å². The summed E-state index contributed by atoms with van der Waals surface area (Å²) in [6.07, 6.45) is 2.41. The summed E-state index contributed by atoms with van der Waals surface area (Å²) in [6, 6.07) is 9.97. The summed E-state index contributed by atoms with van der Waals surface area (Å²) in [5.74, 6) is 0.519. The number of rotatable bonds is 4. The highest BCUT2D eigenvalue weighted by Gasteiger charge is 2.21. The Hall–Kier alpha value is -1.07. The second kappa shape index (κ2) is 7.80. The first-order valence-electron chi connectivity index (χ1n) is 7.38. The fraction of sp³-hybridized carbons (Fsp3) is 0.500. The summed E-state index contributed by atoms with van der Waals surface area (Å²) in [5.41, 5.74) is 0.949. The number of anilines is 1. The lowest BCUT2D eigenvalue weighted by molar-refractivity contribution is -0.116. The molecule has 3 nitrogen and oxygen atoms in total. The molecular formula is C16H22N2OS2. The topological polar surface area (TPSA) is 23.6 Å². The van der Waals surface area contributed by atoms with Crippen LogP contribution in [0.15, 0.2) is 30.3 Å². The van der Waals surface area contributed by atoms with Crippen LogP contribution < -0.4 is 4.90 Å². The monoisotopic (exact) mass is 322 g/mol. The van der Waals surface area contributed by atoms with Crippen molar-refractivity contribution in [2.45, 2.75) is 32.7 Å². The third kappa shape index (κ3) is 4.45. The number of hydrogen-bond acceptors (Lipinski definition) is 3. The van der Waals surface area contributed by atoms with Gasteiger partial charge in [-0.05, 0) is 38.8 Å². The van der Waals surface area contributed by atoms with E-state index in [1.807, 2.05) is 49.1 Å². The predicted molar refractivity (Wildman–Crippen MR) is 94.9 cm³/mol. The summed E-state index contributed by atoms with van der Waals surface area (Å²) in [7, 11) is 0. The first-order valence-corrected chi connectivity index (χ1v) is 8.78. The van der Waals surface area contributed by atoms with Crippen molar-refractivity contribution >= 4 is 39.9 Å².